The molecule has 4 atom stereocenters. The number of alkyl halides is 2. The lowest BCUT2D eigenvalue weighted by Gasteiger charge is -2.30. The molecule has 2 fully saturated rings. The van der Waals surface area contributed by atoms with Crippen molar-refractivity contribution >= 4 is 53.6 Å². The number of methoxy groups -OCH3 is 1. The predicted octanol–water partition coefficient (Wildman–Crippen LogP) is 6.78. The van der Waals surface area contributed by atoms with Crippen molar-refractivity contribution in [3.05, 3.63) is 72.4 Å². The van der Waals surface area contributed by atoms with Crippen LogP contribution in [0.25, 0.3) is 44.2 Å². The van der Waals surface area contributed by atoms with Crippen LogP contribution in [0, 0.1) is 17.8 Å². The molecule has 0 aliphatic carbocycles. The first-order chi connectivity index (χ1) is 28.4. The SMILES string of the molecule is COC(=O)C[C@H](C(=O)N1CC(F)(F)CC1c1ncc(-c2ccc(-c3ccc4c(ccc5[nH]c([C@@H]6C[Si](C)(C)CN6C(=O)[C@@H](NC(=O)CO)C(C)C)nc54)c3)cc2)[nH]1)C(C)C. The number of esters is 1. The van der Waals surface area contributed by atoms with Gasteiger partial charge in [-0.2, -0.15) is 0 Å². The van der Waals surface area contributed by atoms with Crippen molar-refractivity contribution in [3.63, 3.8) is 0 Å². The Bertz CT molecular complexity index is 2430. The van der Waals surface area contributed by atoms with Gasteiger partial charge in [-0.25, -0.2) is 18.7 Å². The number of ether oxygens (including phenoxy) is 1. The van der Waals surface area contributed by atoms with Gasteiger partial charge in [0.05, 0.1) is 69.1 Å². The van der Waals surface area contributed by atoms with E-state index >= 15 is 0 Å². The highest BCUT2D eigenvalue weighted by atomic mass is 28.3. The van der Waals surface area contributed by atoms with Gasteiger partial charge < -0.3 is 34.9 Å². The van der Waals surface area contributed by atoms with Crippen LogP contribution in [0.1, 0.15) is 64.3 Å². The normalized spacial score (nSPS) is 19.7. The number of aliphatic hydroxyl groups excluding tert-OH is 1. The Kier molecular flexibility index (Phi) is 11.7. The molecule has 2 aliphatic heterocycles. The van der Waals surface area contributed by atoms with Crippen molar-refractivity contribution < 1.29 is 37.8 Å². The summed E-state index contributed by atoms with van der Waals surface area (Å²) in [6.45, 7) is 10.4. The van der Waals surface area contributed by atoms with Crippen molar-refractivity contribution in [3.8, 4) is 22.4 Å². The van der Waals surface area contributed by atoms with E-state index in [0.717, 1.165) is 49.4 Å². The lowest BCUT2D eigenvalue weighted by Crippen LogP contribution is -2.52. The van der Waals surface area contributed by atoms with Gasteiger partial charge in [0.2, 0.25) is 17.7 Å². The quantitative estimate of drug-likeness (QED) is 0.0786. The minimum absolute atomic E-state index is 0.169. The molecule has 4 heterocycles. The van der Waals surface area contributed by atoms with Crippen molar-refractivity contribution in [1.29, 1.82) is 0 Å². The van der Waals surface area contributed by atoms with Crippen molar-refractivity contribution in [2.24, 2.45) is 17.8 Å². The number of fused-ring (bicyclic) bond motifs is 3. The maximum atomic E-state index is 14.9. The number of hydrogen-bond donors (Lipinski definition) is 4. The topological polar surface area (TPSA) is 174 Å². The third kappa shape index (κ3) is 8.57. The molecule has 0 bridgehead atoms. The smallest absolute Gasteiger partial charge is 0.306 e. The number of aromatic nitrogens is 4. The van der Waals surface area contributed by atoms with Gasteiger partial charge in [-0.3, -0.25) is 19.2 Å². The molecule has 7 rings (SSSR count). The number of nitrogens with one attached hydrogen (secondary N) is 3. The molecule has 0 saturated carbocycles. The highest BCUT2D eigenvalue weighted by molar-refractivity contribution is 6.78. The molecule has 3 aromatic carbocycles. The van der Waals surface area contributed by atoms with Gasteiger partial charge in [0.1, 0.15) is 24.3 Å². The first kappa shape index (κ1) is 42.6. The van der Waals surface area contributed by atoms with E-state index < -0.39 is 69.4 Å². The second-order valence-electron chi connectivity index (χ2n) is 17.7. The van der Waals surface area contributed by atoms with E-state index in [1.54, 1.807) is 20.0 Å². The Morgan fingerprint density at radius 1 is 0.917 bits per heavy atom. The zero-order valence-corrected chi connectivity index (χ0v) is 36.0. The Labute approximate surface area is 348 Å². The van der Waals surface area contributed by atoms with Crippen molar-refractivity contribution in [1.82, 2.24) is 35.1 Å². The van der Waals surface area contributed by atoms with Gasteiger partial charge in [0.25, 0.3) is 5.92 Å². The number of H-pyrrole nitrogens is 2. The molecule has 16 heteroatoms. The van der Waals surface area contributed by atoms with E-state index in [-0.39, 0.29) is 36.0 Å². The van der Waals surface area contributed by atoms with Crippen LogP contribution in [0.2, 0.25) is 19.1 Å². The van der Waals surface area contributed by atoms with E-state index in [1.807, 2.05) is 67.3 Å². The van der Waals surface area contributed by atoms with Crippen LogP contribution >= 0.6 is 0 Å². The van der Waals surface area contributed by atoms with Gasteiger partial charge in [-0.1, -0.05) is 83.3 Å². The fourth-order valence-corrected chi connectivity index (χ4v) is 11.6. The molecule has 4 N–H and O–H groups in total. The van der Waals surface area contributed by atoms with E-state index in [2.05, 4.69) is 39.4 Å². The van der Waals surface area contributed by atoms with E-state index in [0.29, 0.717) is 17.7 Å². The van der Waals surface area contributed by atoms with Crippen LogP contribution in [-0.2, 0) is 23.9 Å². The van der Waals surface area contributed by atoms with E-state index in [4.69, 9.17) is 9.72 Å². The number of carbonyl (C=O) groups is 4. The zero-order chi connectivity index (χ0) is 43.3. The van der Waals surface area contributed by atoms with Crippen molar-refractivity contribution in [2.45, 2.75) is 83.7 Å². The van der Waals surface area contributed by atoms with Gasteiger partial charge in [0, 0.05) is 18.0 Å². The monoisotopic (exact) mass is 841 g/mol. The highest BCUT2D eigenvalue weighted by Gasteiger charge is 2.50. The second-order valence-corrected chi connectivity index (χ2v) is 22.8. The first-order valence-corrected chi connectivity index (χ1v) is 23.8. The number of amides is 3. The lowest BCUT2D eigenvalue weighted by atomic mass is 9.91. The Morgan fingerprint density at radius 2 is 1.62 bits per heavy atom. The van der Waals surface area contributed by atoms with Crippen molar-refractivity contribution in [2.75, 3.05) is 26.4 Å². The Balaban J connectivity index is 1.11. The summed E-state index contributed by atoms with van der Waals surface area (Å²) in [7, 11) is -0.587. The van der Waals surface area contributed by atoms with Crippen LogP contribution in [0.15, 0.2) is 60.8 Å². The highest BCUT2D eigenvalue weighted by Crippen LogP contribution is 2.43. The number of hydrogen-bond acceptors (Lipinski definition) is 8. The molecular formula is C44H53F2N7O6Si. The van der Waals surface area contributed by atoms with E-state index in [1.165, 1.54) is 7.11 Å². The van der Waals surface area contributed by atoms with Crippen LogP contribution in [-0.4, -0.2) is 105 Å². The lowest BCUT2D eigenvalue weighted by molar-refractivity contribution is -0.149. The van der Waals surface area contributed by atoms with Crippen LogP contribution < -0.4 is 5.32 Å². The number of nitrogens with zero attached hydrogens (tertiary/aromatic N) is 4. The summed E-state index contributed by atoms with van der Waals surface area (Å²) in [6.07, 6.45) is 1.44. The number of aliphatic hydroxyl groups is 1. The third-order valence-electron chi connectivity index (χ3n) is 11.9. The number of likely N-dealkylation sites (tertiary alicyclic amines) is 1. The molecule has 2 saturated heterocycles. The minimum Gasteiger partial charge on any atom is -0.469 e. The first-order valence-electron chi connectivity index (χ1n) is 20.4. The maximum absolute atomic E-state index is 14.9. The average Bonchev–Trinajstić information content (AvgIpc) is 4.01. The third-order valence-corrected chi connectivity index (χ3v) is 14.6. The molecule has 1 unspecified atom stereocenters. The summed E-state index contributed by atoms with van der Waals surface area (Å²) in [4.78, 5) is 71.0. The maximum Gasteiger partial charge on any atom is 0.306 e. The number of halogens is 2. The number of rotatable bonds is 12. The summed E-state index contributed by atoms with van der Waals surface area (Å²) in [5, 5.41) is 14.0. The fourth-order valence-electron chi connectivity index (χ4n) is 8.69. The standard InChI is InChI=1S/C44H53F2N7O6Si/c1-24(2)31(17-37(56)59-5)42(57)52-22-44(45,46)18-34(52)40-47-19-33(49-40)27-10-8-26(9-11-27)28-12-14-30-29(16-28)13-15-32-39(30)51-41(48-32)35-21-60(6,7)23-53(35)43(58)38(25(3)4)50-36(55)20-54/h8-16,19,24-25,31,34-35,38,54H,17-18,20-23H2,1-7H3,(H,47,49)(H,48,51)(H,50,55)/t31-,34?,35-,38-/m0/s1. The summed E-state index contributed by atoms with van der Waals surface area (Å²) < 4.78 is 34.5. The molecule has 60 heavy (non-hydrogen) atoms. The molecule has 5 aromatic rings. The summed E-state index contributed by atoms with van der Waals surface area (Å²) >= 11 is 0. The summed E-state index contributed by atoms with van der Waals surface area (Å²) in [6, 6.07) is 16.8. The van der Waals surface area contributed by atoms with Gasteiger partial charge in [-0.05, 0) is 52.1 Å². The molecule has 13 nitrogen and oxygen atoms in total. The fraction of sp³-hybridized carbons (Fsp3) is 0.455. The molecular weight excluding hydrogens is 789 g/mol. The average molecular weight is 842 g/mol. The number of aromatic amines is 2. The molecule has 2 aromatic heterocycles. The minimum atomic E-state index is -3.11. The summed E-state index contributed by atoms with van der Waals surface area (Å²) in [5.41, 5.74) is 5.01. The van der Waals surface area contributed by atoms with Gasteiger partial charge in [0.15, 0.2) is 0 Å². The van der Waals surface area contributed by atoms with Gasteiger partial charge >= 0.3 is 5.97 Å². The molecule has 0 spiro atoms. The predicted molar refractivity (Wildman–Crippen MR) is 226 cm³/mol. The molecule has 2 aliphatic rings. The summed E-state index contributed by atoms with van der Waals surface area (Å²) in [5.74, 6) is -5.23. The largest absolute Gasteiger partial charge is 0.469 e. The van der Waals surface area contributed by atoms with Crippen LogP contribution in [0.5, 0.6) is 0 Å². The Morgan fingerprint density at radius 3 is 2.28 bits per heavy atom. The van der Waals surface area contributed by atoms with Crippen LogP contribution in [0.3, 0.4) is 0 Å². The second kappa shape index (κ2) is 16.5. The molecule has 318 valence electrons. The molecule has 0 radical (unpaired) electrons. The molecule has 3 amide bonds. The zero-order valence-electron chi connectivity index (χ0n) is 35.0. The number of benzene rings is 3. The van der Waals surface area contributed by atoms with E-state index in [9.17, 15) is 33.1 Å². The Hall–Kier alpha value is -5.48. The van der Waals surface area contributed by atoms with Gasteiger partial charge in [-0.15, -0.1) is 0 Å². The van der Waals surface area contributed by atoms with Crippen LogP contribution in [0.4, 0.5) is 8.78 Å². The number of carbonyl (C=O) groups excluding carboxylic acids is 4. The number of imidazole rings is 2.